The van der Waals surface area contributed by atoms with Crippen LogP contribution in [0.25, 0.3) is 11.0 Å². The van der Waals surface area contributed by atoms with Gasteiger partial charge in [-0.15, -0.1) is 0 Å². The molecule has 5 heteroatoms. The van der Waals surface area contributed by atoms with E-state index >= 15 is 0 Å². The molecule has 2 aliphatic carbocycles. The Kier molecular flexibility index (Phi) is 4.02. The van der Waals surface area contributed by atoms with E-state index in [0.29, 0.717) is 40.4 Å². The van der Waals surface area contributed by atoms with Crippen LogP contribution in [0.2, 0.25) is 0 Å². The van der Waals surface area contributed by atoms with Gasteiger partial charge in [0.1, 0.15) is 17.9 Å². The van der Waals surface area contributed by atoms with Gasteiger partial charge in [-0.2, -0.15) is 0 Å². The molecular formula is C20H22O5. The van der Waals surface area contributed by atoms with Gasteiger partial charge in [0.05, 0.1) is 0 Å². The Morgan fingerprint density at radius 1 is 1.32 bits per heavy atom. The van der Waals surface area contributed by atoms with E-state index in [1.165, 1.54) is 25.3 Å². The number of benzene rings is 1. The zero-order valence-corrected chi connectivity index (χ0v) is 14.3. The van der Waals surface area contributed by atoms with Crippen molar-refractivity contribution >= 4 is 16.9 Å². The number of phenolic OH excluding ortho intramolecular Hbond substituents is 1. The van der Waals surface area contributed by atoms with E-state index in [0.717, 1.165) is 12.3 Å². The summed E-state index contributed by atoms with van der Waals surface area (Å²) < 4.78 is 10.7. The first-order valence-corrected chi connectivity index (χ1v) is 8.92. The van der Waals surface area contributed by atoms with Crippen LogP contribution in [0.3, 0.4) is 0 Å². The number of hydrogen-bond acceptors (Lipinski definition) is 5. The number of esters is 1. The summed E-state index contributed by atoms with van der Waals surface area (Å²) in [6.45, 7) is 1.73. The Hall–Kier alpha value is -2.30. The second-order valence-electron chi connectivity index (χ2n) is 7.48. The largest absolute Gasteiger partial charge is 0.508 e. The van der Waals surface area contributed by atoms with Crippen LogP contribution in [-0.4, -0.2) is 11.1 Å². The maximum atomic E-state index is 12.2. The lowest BCUT2D eigenvalue weighted by Gasteiger charge is -2.20. The van der Waals surface area contributed by atoms with Crippen molar-refractivity contribution in [2.45, 2.75) is 45.6 Å². The molecule has 0 spiro atoms. The topological polar surface area (TPSA) is 76.7 Å². The van der Waals surface area contributed by atoms with Crippen molar-refractivity contribution in [2.75, 3.05) is 0 Å². The van der Waals surface area contributed by atoms with Gasteiger partial charge < -0.3 is 14.3 Å². The molecule has 25 heavy (non-hydrogen) atoms. The Labute approximate surface area is 145 Å². The number of phenols is 1. The van der Waals surface area contributed by atoms with Crippen molar-refractivity contribution in [3.8, 4) is 5.75 Å². The molecule has 0 amide bonds. The highest BCUT2D eigenvalue weighted by molar-refractivity contribution is 5.85. The fraction of sp³-hybridized carbons (Fsp3) is 0.500. The lowest BCUT2D eigenvalue weighted by molar-refractivity contribution is -0.146. The molecule has 1 N–H and O–H groups in total. The molecule has 2 aromatic rings. The summed E-state index contributed by atoms with van der Waals surface area (Å²) >= 11 is 0. The minimum atomic E-state index is -0.514. The molecule has 1 aromatic heterocycles. The monoisotopic (exact) mass is 342 g/mol. The van der Waals surface area contributed by atoms with E-state index < -0.39 is 5.63 Å². The Morgan fingerprint density at radius 3 is 2.88 bits per heavy atom. The minimum Gasteiger partial charge on any atom is -0.508 e. The standard InChI is InChI=1S/C20H22O5/c1-11-17(21)5-4-16-15(9-19(23)25-20(11)16)10-24-18(22)8-14-7-12-2-3-13(14)6-12/h4-5,9,12-14,21H,2-3,6-8,10H2,1H3/t12-,13-,14-/m1/s1. The van der Waals surface area contributed by atoms with Crippen LogP contribution in [0.4, 0.5) is 0 Å². The molecule has 0 saturated heterocycles. The molecule has 0 aliphatic heterocycles. The van der Waals surface area contributed by atoms with E-state index in [1.807, 2.05) is 0 Å². The zero-order chi connectivity index (χ0) is 17.6. The van der Waals surface area contributed by atoms with Crippen LogP contribution in [0.1, 0.15) is 43.2 Å². The van der Waals surface area contributed by atoms with Gasteiger partial charge in [0.15, 0.2) is 0 Å². The SMILES string of the molecule is Cc1c(O)ccc2c(COC(=O)C[C@H]3C[C@@H]4CC[C@@H]3C4)cc(=O)oc12. The summed E-state index contributed by atoms with van der Waals surface area (Å²) in [5, 5.41) is 10.5. The minimum absolute atomic E-state index is 0.0476. The van der Waals surface area contributed by atoms with Gasteiger partial charge in [0, 0.05) is 29.0 Å². The fourth-order valence-electron chi connectivity index (χ4n) is 4.59. The molecule has 2 fully saturated rings. The summed E-state index contributed by atoms with van der Waals surface area (Å²) in [5.41, 5.74) is 0.937. The first-order chi connectivity index (χ1) is 12.0. The van der Waals surface area contributed by atoms with Crippen LogP contribution < -0.4 is 5.63 Å². The van der Waals surface area contributed by atoms with Gasteiger partial charge in [-0.3, -0.25) is 4.79 Å². The highest BCUT2D eigenvalue weighted by Crippen LogP contribution is 2.49. The first-order valence-electron chi connectivity index (χ1n) is 8.92. The lowest BCUT2D eigenvalue weighted by atomic mass is 9.86. The van der Waals surface area contributed by atoms with Crippen molar-refractivity contribution in [3.05, 3.63) is 39.7 Å². The molecule has 132 valence electrons. The third-order valence-electron chi connectivity index (χ3n) is 5.92. The van der Waals surface area contributed by atoms with E-state index in [-0.39, 0.29) is 18.3 Å². The van der Waals surface area contributed by atoms with Gasteiger partial charge in [-0.05, 0) is 56.1 Å². The van der Waals surface area contributed by atoms with Crippen LogP contribution in [0.5, 0.6) is 5.75 Å². The van der Waals surface area contributed by atoms with Crippen molar-refractivity contribution in [1.82, 2.24) is 0 Å². The number of ether oxygens (including phenoxy) is 1. The molecule has 2 saturated carbocycles. The highest BCUT2D eigenvalue weighted by Gasteiger charge is 2.40. The van der Waals surface area contributed by atoms with Crippen LogP contribution >= 0.6 is 0 Å². The fourth-order valence-corrected chi connectivity index (χ4v) is 4.59. The number of rotatable bonds is 4. The molecule has 1 heterocycles. The zero-order valence-electron chi connectivity index (χ0n) is 14.3. The third kappa shape index (κ3) is 3.03. The highest BCUT2D eigenvalue weighted by atomic mass is 16.5. The van der Waals surface area contributed by atoms with Crippen LogP contribution in [0, 0.1) is 24.7 Å². The quantitative estimate of drug-likeness (QED) is 0.677. The lowest BCUT2D eigenvalue weighted by Crippen LogP contribution is -2.17. The summed E-state index contributed by atoms with van der Waals surface area (Å²) in [4.78, 5) is 24.0. The number of carbonyl (C=O) groups is 1. The van der Waals surface area contributed by atoms with Gasteiger partial charge in [-0.1, -0.05) is 6.42 Å². The maximum absolute atomic E-state index is 12.2. The van der Waals surface area contributed by atoms with Gasteiger partial charge in [0.2, 0.25) is 0 Å². The number of carbonyl (C=O) groups excluding carboxylic acids is 1. The van der Waals surface area contributed by atoms with Gasteiger partial charge in [0.25, 0.3) is 0 Å². The third-order valence-corrected chi connectivity index (χ3v) is 5.92. The molecule has 4 rings (SSSR count). The van der Waals surface area contributed by atoms with E-state index in [4.69, 9.17) is 9.15 Å². The smallest absolute Gasteiger partial charge is 0.336 e. The number of fused-ring (bicyclic) bond motifs is 3. The predicted molar refractivity (Wildman–Crippen MR) is 92.2 cm³/mol. The van der Waals surface area contributed by atoms with E-state index in [2.05, 4.69) is 0 Å². The Bertz CT molecular complexity index is 882. The first kappa shape index (κ1) is 16.2. The molecule has 0 unspecified atom stereocenters. The Balaban J connectivity index is 1.48. The molecule has 2 bridgehead atoms. The summed E-state index contributed by atoms with van der Waals surface area (Å²) in [7, 11) is 0. The van der Waals surface area contributed by atoms with Crippen LogP contribution in [-0.2, 0) is 16.1 Å². The van der Waals surface area contributed by atoms with Crippen LogP contribution in [0.15, 0.2) is 27.4 Å². The number of aromatic hydroxyl groups is 1. The normalized spacial score (nSPS) is 24.8. The van der Waals surface area contributed by atoms with Crippen molar-refractivity contribution < 1.29 is 19.1 Å². The molecule has 5 nitrogen and oxygen atoms in total. The second kappa shape index (κ2) is 6.21. The molecule has 0 radical (unpaired) electrons. The van der Waals surface area contributed by atoms with Crippen molar-refractivity contribution in [3.63, 3.8) is 0 Å². The number of aryl methyl sites for hydroxylation is 1. The Morgan fingerprint density at radius 2 is 2.16 bits per heavy atom. The number of hydrogen-bond donors (Lipinski definition) is 1. The van der Waals surface area contributed by atoms with Crippen molar-refractivity contribution in [2.24, 2.45) is 17.8 Å². The average molecular weight is 342 g/mol. The van der Waals surface area contributed by atoms with E-state index in [9.17, 15) is 14.7 Å². The van der Waals surface area contributed by atoms with Gasteiger partial charge in [-0.25, -0.2) is 4.79 Å². The van der Waals surface area contributed by atoms with E-state index in [1.54, 1.807) is 19.1 Å². The average Bonchev–Trinajstić information content (AvgIpc) is 3.19. The van der Waals surface area contributed by atoms with Crippen molar-refractivity contribution in [1.29, 1.82) is 0 Å². The molecule has 2 aliphatic rings. The second-order valence-corrected chi connectivity index (χ2v) is 7.48. The summed E-state index contributed by atoms with van der Waals surface area (Å²) in [5.74, 6) is 1.83. The predicted octanol–water partition coefficient (Wildman–Crippen LogP) is 3.68. The summed E-state index contributed by atoms with van der Waals surface area (Å²) in [6.07, 6.45) is 5.45. The maximum Gasteiger partial charge on any atom is 0.336 e. The molecule has 3 atom stereocenters. The summed E-state index contributed by atoms with van der Waals surface area (Å²) in [6, 6.07) is 4.58. The molecule has 1 aromatic carbocycles. The molecular weight excluding hydrogens is 320 g/mol. The van der Waals surface area contributed by atoms with Gasteiger partial charge >= 0.3 is 11.6 Å².